The van der Waals surface area contributed by atoms with Crippen LogP contribution in [-0.2, 0) is 25.5 Å². The lowest BCUT2D eigenvalue weighted by Gasteiger charge is -2.34. The van der Waals surface area contributed by atoms with E-state index in [1.165, 1.54) is 16.0 Å². The molecule has 1 aliphatic rings. The van der Waals surface area contributed by atoms with Gasteiger partial charge in [0.1, 0.15) is 18.2 Å². The van der Waals surface area contributed by atoms with Gasteiger partial charge in [0.05, 0.1) is 0 Å². The van der Waals surface area contributed by atoms with Gasteiger partial charge in [-0.2, -0.15) is 0 Å². The van der Waals surface area contributed by atoms with Crippen molar-refractivity contribution in [1.29, 1.82) is 0 Å². The summed E-state index contributed by atoms with van der Waals surface area (Å²) in [6.45, 7) is 10.7. The molecule has 1 aliphatic heterocycles. The van der Waals surface area contributed by atoms with Gasteiger partial charge in [0.15, 0.2) is 0 Å². The van der Waals surface area contributed by atoms with Crippen molar-refractivity contribution >= 4 is 28.6 Å². The van der Waals surface area contributed by atoms with Crippen LogP contribution in [0, 0.1) is 5.92 Å². The van der Waals surface area contributed by atoms with Gasteiger partial charge in [-0.05, 0) is 67.9 Å². The molecular weight excluding hydrogens is 496 g/mol. The molecule has 3 N–H and O–H groups in total. The summed E-state index contributed by atoms with van der Waals surface area (Å²) < 4.78 is 5.94. The van der Waals surface area contributed by atoms with Crippen molar-refractivity contribution in [3.63, 3.8) is 0 Å². The molecule has 9 heteroatoms. The van der Waals surface area contributed by atoms with E-state index in [9.17, 15) is 19.5 Å². The number of nitrogens with zero attached hydrogens (tertiary/aromatic N) is 2. The van der Waals surface area contributed by atoms with Crippen molar-refractivity contribution in [3.8, 4) is 0 Å². The van der Waals surface area contributed by atoms with E-state index in [4.69, 9.17) is 4.74 Å². The van der Waals surface area contributed by atoms with E-state index in [1.54, 1.807) is 6.92 Å². The highest BCUT2D eigenvalue weighted by Crippen LogP contribution is 2.22. The Balaban J connectivity index is 1.41. The number of hydrogen-bond donors (Lipinski definition) is 3. The molecule has 1 saturated heterocycles. The smallest absolute Gasteiger partial charge is 0.322 e. The van der Waals surface area contributed by atoms with Gasteiger partial charge in [0.25, 0.3) is 5.91 Å². The van der Waals surface area contributed by atoms with Gasteiger partial charge in [-0.25, -0.2) is 5.43 Å². The van der Waals surface area contributed by atoms with Crippen LogP contribution in [0.3, 0.4) is 0 Å². The number of carboxylic acids is 1. The second-order valence-corrected chi connectivity index (χ2v) is 11.2. The third kappa shape index (κ3) is 8.73. The fourth-order valence-corrected chi connectivity index (χ4v) is 4.78. The van der Waals surface area contributed by atoms with E-state index in [1.807, 2.05) is 20.0 Å². The predicted molar refractivity (Wildman–Crippen MR) is 151 cm³/mol. The number of pyridine rings is 1. The lowest BCUT2D eigenvalue weighted by atomic mass is 9.99. The molecule has 0 spiro atoms. The number of carbonyl (C=O) groups excluding carboxylic acids is 2. The predicted octanol–water partition coefficient (Wildman–Crippen LogP) is 4.20. The maximum absolute atomic E-state index is 12.9. The number of carboxylic acid groups (broad SMARTS) is 1. The summed E-state index contributed by atoms with van der Waals surface area (Å²) in [5, 5.41) is 15.7. The number of benzene rings is 1. The summed E-state index contributed by atoms with van der Waals surface area (Å²) in [6, 6.07) is 7.14. The zero-order valence-electron chi connectivity index (χ0n) is 23.9. The van der Waals surface area contributed by atoms with Crippen LogP contribution in [0.25, 0.3) is 10.8 Å². The molecule has 0 bridgehead atoms. The molecule has 214 valence electrons. The first-order valence-corrected chi connectivity index (χ1v) is 14.2. The average Bonchev–Trinajstić information content (AvgIpc) is 2.91. The Bertz CT molecular complexity index is 1140. The van der Waals surface area contributed by atoms with E-state index in [2.05, 4.69) is 53.8 Å². The highest BCUT2D eigenvalue weighted by Gasteiger charge is 2.32. The second-order valence-electron chi connectivity index (χ2n) is 11.2. The van der Waals surface area contributed by atoms with Gasteiger partial charge in [-0.3, -0.25) is 24.4 Å². The van der Waals surface area contributed by atoms with Crippen molar-refractivity contribution in [1.82, 2.24) is 20.7 Å². The summed E-state index contributed by atoms with van der Waals surface area (Å²) in [4.78, 5) is 41.6. The lowest BCUT2D eigenvalue weighted by molar-refractivity contribution is -0.149. The molecule has 0 saturated carbocycles. The quantitative estimate of drug-likeness (QED) is 0.326. The van der Waals surface area contributed by atoms with Crippen molar-refractivity contribution < 1.29 is 24.2 Å². The standard InChI is InChI=1S/C30H44N4O5/c1-19(2)22-12-13-23-18-31-25(17-24(23)16-22)10-7-6-8-15-39-27(20(3)4)28(35)32-21(5)29(36)34-14-9-11-26(33-34)30(37)38/h12-13,16-21,26-27,33H,6-11,14-15H2,1-5H3,(H,32,35)(H,37,38). The minimum Gasteiger partial charge on any atom is -0.480 e. The first-order chi connectivity index (χ1) is 18.6. The zero-order valence-corrected chi connectivity index (χ0v) is 23.9. The molecule has 1 fully saturated rings. The summed E-state index contributed by atoms with van der Waals surface area (Å²) >= 11 is 0. The first kappa shape index (κ1) is 30.5. The van der Waals surface area contributed by atoms with Crippen molar-refractivity contribution in [2.24, 2.45) is 5.92 Å². The molecule has 0 aliphatic carbocycles. The van der Waals surface area contributed by atoms with Crippen LogP contribution in [0.1, 0.15) is 83.9 Å². The number of hydrogen-bond acceptors (Lipinski definition) is 6. The van der Waals surface area contributed by atoms with Gasteiger partial charge in [-0.15, -0.1) is 0 Å². The normalized spacial score (nSPS) is 17.4. The van der Waals surface area contributed by atoms with Crippen molar-refractivity contribution in [2.45, 2.75) is 97.2 Å². The highest BCUT2D eigenvalue weighted by molar-refractivity contribution is 5.89. The number of ether oxygens (including phenoxy) is 1. The minimum absolute atomic E-state index is 0.0608. The number of carbonyl (C=O) groups is 3. The molecule has 39 heavy (non-hydrogen) atoms. The van der Waals surface area contributed by atoms with Crippen LogP contribution in [0.15, 0.2) is 30.5 Å². The van der Waals surface area contributed by atoms with E-state index in [0.717, 1.165) is 36.8 Å². The molecule has 2 aromatic rings. The van der Waals surface area contributed by atoms with Gasteiger partial charge in [0.2, 0.25) is 5.91 Å². The molecule has 0 radical (unpaired) electrons. The largest absolute Gasteiger partial charge is 0.480 e. The Kier molecular flexibility index (Phi) is 11.2. The molecule has 1 aromatic heterocycles. The summed E-state index contributed by atoms with van der Waals surface area (Å²) in [5.41, 5.74) is 5.15. The fourth-order valence-electron chi connectivity index (χ4n) is 4.78. The number of rotatable bonds is 13. The van der Waals surface area contributed by atoms with Crippen molar-refractivity contribution in [3.05, 3.63) is 41.7 Å². The van der Waals surface area contributed by atoms with Crippen LogP contribution in [0.5, 0.6) is 0 Å². The SMILES string of the molecule is CC(NC(=O)C(OCCCCCc1cc2cc(C(C)C)ccc2cn1)C(C)C)C(=O)N1CCCC(C(=O)O)N1. The number of hydrazine groups is 1. The van der Waals surface area contributed by atoms with Gasteiger partial charge in [-0.1, -0.05) is 52.3 Å². The topological polar surface area (TPSA) is 121 Å². The molecule has 3 atom stereocenters. The van der Waals surface area contributed by atoms with Gasteiger partial charge in [0, 0.05) is 30.4 Å². The first-order valence-electron chi connectivity index (χ1n) is 14.2. The number of nitrogens with one attached hydrogen (secondary N) is 2. The maximum atomic E-state index is 12.9. The van der Waals surface area contributed by atoms with E-state index >= 15 is 0 Å². The third-order valence-corrected chi connectivity index (χ3v) is 7.19. The number of unbranched alkanes of at least 4 members (excludes halogenated alkanes) is 2. The highest BCUT2D eigenvalue weighted by atomic mass is 16.5. The number of aryl methyl sites for hydroxylation is 1. The number of aromatic nitrogens is 1. The number of fused-ring (bicyclic) bond motifs is 1. The van der Waals surface area contributed by atoms with Crippen LogP contribution in [0.4, 0.5) is 0 Å². The molecule has 3 unspecified atom stereocenters. The van der Waals surface area contributed by atoms with Crippen molar-refractivity contribution in [2.75, 3.05) is 13.2 Å². The Morgan fingerprint density at radius 2 is 1.87 bits per heavy atom. The molecule has 2 heterocycles. The van der Waals surface area contributed by atoms with E-state index in [0.29, 0.717) is 31.9 Å². The molecular formula is C30H44N4O5. The van der Waals surface area contributed by atoms with Crippen LogP contribution < -0.4 is 10.7 Å². The summed E-state index contributed by atoms with van der Waals surface area (Å²) in [7, 11) is 0. The number of aliphatic carboxylic acids is 1. The monoisotopic (exact) mass is 540 g/mol. The lowest BCUT2D eigenvalue weighted by Crippen LogP contribution is -2.59. The number of amides is 2. The van der Waals surface area contributed by atoms with Gasteiger partial charge >= 0.3 is 5.97 Å². The zero-order chi connectivity index (χ0) is 28.5. The van der Waals surface area contributed by atoms with Crippen LogP contribution in [-0.4, -0.2) is 64.2 Å². The Hall–Kier alpha value is -3.04. The molecule has 1 aromatic carbocycles. The van der Waals surface area contributed by atoms with Crippen LogP contribution in [0.2, 0.25) is 0 Å². The average molecular weight is 541 g/mol. The second kappa shape index (κ2) is 14.4. The fraction of sp³-hybridized carbons (Fsp3) is 0.600. The molecule has 2 amide bonds. The molecule has 9 nitrogen and oxygen atoms in total. The minimum atomic E-state index is -0.994. The van der Waals surface area contributed by atoms with E-state index < -0.39 is 24.2 Å². The summed E-state index contributed by atoms with van der Waals surface area (Å²) in [6.07, 6.45) is 5.98. The third-order valence-electron chi connectivity index (χ3n) is 7.19. The molecule has 3 rings (SSSR count). The van der Waals surface area contributed by atoms with E-state index in [-0.39, 0.29) is 17.7 Å². The Morgan fingerprint density at radius 1 is 1.10 bits per heavy atom. The maximum Gasteiger partial charge on any atom is 0.322 e. The summed E-state index contributed by atoms with van der Waals surface area (Å²) in [5.74, 6) is -1.26. The van der Waals surface area contributed by atoms with Crippen LogP contribution >= 0.6 is 0 Å². The van der Waals surface area contributed by atoms with Gasteiger partial charge < -0.3 is 15.2 Å². The Labute approximate surface area is 231 Å². The Morgan fingerprint density at radius 3 is 2.56 bits per heavy atom.